The Morgan fingerprint density at radius 2 is 1.26 bits per heavy atom. The fourth-order valence-corrected chi connectivity index (χ4v) is 4.53. The number of anilines is 3. The summed E-state index contributed by atoms with van der Waals surface area (Å²) in [6, 6.07) is 18.7. The van der Waals surface area contributed by atoms with Gasteiger partial charge in [-0.05, 0) is 47.3 Å². The molecule has 4 heterocycles. The first-order chi connectivity index (χ1) is 13.4. The third-order valence-corrected chi connectivity index (χ3v) is 5.51. The summed E-state index contributed by atoms with van der Waals surface area (Å²) in [5, 5.41) is 0. The van der Waals surface area contributed by atoms with Crippen LogP contribution < -0.4 is 30.8 Å². The Kier molecular flexibility index (Phi) is 2.27. The monoisotopic (exact) mass is 350 g/mol. The number of ether oxygens (including phenoxy) is 2. The van der Waals surface area contributed by atoms with Crippen molar-refractivity contribution in [1.82, 2.24) is 4.98 Å². The molecule has 5 nitrogen and oxygen atoms in total. The highest BCUT2D eigenvalue weighted by atomic mass is 16.5. The van der Waals surface area contributed by atoms with Crippen molar-refractivity contribution < 1.29 is 13.9 Å². The topological polar surface area (TPSA) is 47.7 Å². The highest BCUT2D eigenvalue weighted by Crippen LogP contribution is 2.44. The molecule has 0 aliphatic carbocycles. The van der Waals surface area contributed by atoms with Crippen molar-refractivity contribution in [2.24, 2.45) is 0 Å². The summed E-state index contributed by atoms with van der Waals surface area (Å²) in [6.07, 6.45) is 3.25. The highest BCUT2D eigenvalue weighted by molar-refractivity contribution is 7.00. The van der Waals surface area contributed by atoms with Crippen molar-refractivity contribution in [3.8, 4) is 23.0 Å². The van der Waals surface area contributed by atoms with Crippen LogP contribution in [0, 0.1) is 0 Å². The van der Waals surface area contributed by atoms with Crippen LogP contribution >= 0.6 is 0 Å². The quantitative estimate of drug-likeness (QED) is 0.426. The Balaban J connectivity index is 1.65. The van der Waals surface area contributed by atoms with Crippen molar-refractivity contribution in [3.63, 3.8) is 0 Å². The summed E-state index contributed by atoms with van der Waals surface area (Å²) in [6.45, 7) is 0.0716. The summed E-state index contributed by atoms with van der Waals surface area (Å²) in [4.78, 5) is 6.44. The van der Waals surface area contributed by atoms with Gasteiger partial charge in [0.05, 0.1) is 6.20 Å². The van der Waals surface area contributed by atoms with E-state index in [1.165, 1.54) is 0 Å². The molecule has 3 aromatic carbocycles. The standard InChI is InChI=1S/C21H11BN2O3/c1-4-12-18-14(6-1)26-16-8-3-9-17-20(16)22(18)19-13(5-2-7-15(19)27-17)24(12)21-23-10-11-25-21/h1-11H. The second-order valence-electron chi connectivity index (χ2n) is 6.83. The maximum atomic E-state index is 6.26. The normalized spacial score (nSPS) is 14.4. The lowest BCUT2D eigenvalue weighted by molar-refractivity contribution is 0.464. The van der Waals surface area contributed by atoms with Gasteiger partial charge >= 0.3 is 6.01 Å². The minimum absolute atomic E-state index is 0.0716. The zero-order valence-electron chi connectivity index (χ0n) is 14.0. The van der Waals surface area contributed by atoms with Gasteiger partial charge in [-0.25, -0.2) is 4.98 Å². The summed E-state index contributed by atoms with van der Waals surface area (Å²) >= 11 is 0. The molecule has 6 heteroatoms. The summed E-state index contributed by atoms with van der Waals surface area (Å²) in [5.41, 5.74) is 5.38. The maximum absolute atomic E-state index is 6.26. The molecule has 0 saturated carbocycles. The maximum Gasteiger partial charge on any atom is 0.306 e. The number of hydrogen-bond donors (Lipinski definition) is 0. The van der Waals surface area contributed by atoms with Crippen LogP contribution in [0.1, 0.15) is 0 Å². The minimum atomic E-state index is 0.0716. The van der Waals surface area contributed by atoms with E-state index < -0.39 is 0 Å². The van der Waals surface area contributed by atoms with Gasteiger partial charge in [-0.2, -0.15) is 0 Å². The van der Waals surface area contributed by atoms with Crippen LogP contribution in [0.2, 0.25) is 0 Å². The largest absolute Gasteiger partial charge is 0.458 e. The Morgan fingerprint density at radius 3 is 1.81 bits per heavy atom. The van der Waals surface area contributed by atoms with E-state index in [0.717, 1.165) is 50.8 Å². The molecular weight excluding hydrogens is 339 g/mol. The molecule has 27 heavy (non-hydrogen) atoms. The molecule has 1 aromatic heterocycles. The van der Waals surface area contributed by atoms with Crippen LogP contribution in [0.3, 0.4) is 0 Å². The Labute approximate surface area is 154 Å². The average Bonchev–Trinajstić information content (AvgIpc) is 3.22. The molecule has 0 N–H and O–H groups in total. The SMILES string of the molecule is c1cc2c3c(c1)Oc1cccc4c1B3c1c(cccc1N4c1ncco1)O2. The van der Waals surface area contributed by atoms with E-state index in [1.54, 1.807) is 12.5 Å². The average molecular weight is 350 g/mol. The van der Waals surface area contributed by atoms with Gasteiger partial charge in [0.2, 0.25) is 0 Å². The number of hydrogen-bond acceptors (Lipinski definition) is 5. The first kappa shape index (κ1) is 13.5. The number of aromatic nitrogens is 1. The van der Waals surface area contributed by atoms with E-state index in [9.17, 15) is 0 Å². The van der Waals surface area contributed by atoms with Crippen LogP contribution in [-0.4, -0.2) is 11.7 Å². The molecule has 0 radical (unpaired) electrons. The Hall–Kier alpha value is -3.67. The zero-order valence-corrected chi connectivity index (χ0v) is 14.0. The molecule has 0 atom stereocenters. The van der Waals surface area contributed by atoms with Crippen molar-refractivity contribution in [1.29, 1.82) is 0 Å². The van der Waals surface area contributed by atoms with Gasteiger partial charge in [-0.1, -0.05) is 18.2 Å². The van der Waals surface area contributed by atoms with E-state index in [0.29, 0.717) is 6.01 Å². The van der Waals surface area contributed by atoms with E-state index in [4.69, 9.17) is 13.9 Å². The number of oxazole rings is 1. The van der Waals surface area contributed by atoms with Gasteiger partial charge in [-0.3, -0.25) is 4.90 Å². The van der Waals surface area contributed by atoms with Gasteiger partial charge in [0, 0.05) is 16.8 Å². The van der Waals surface area contributed by atoms with Crippen LogP contribution in [0.4, 0.5) is 17.4 Å². The molecule has 0 fully saturated rings. The Morgan fingerprint density at radius 1 is 0.704 bits per heavy atom. The van der Waals surface area contributed by atoms with Crippen molar-refractivity contribution in [2.75, 3.05) is 4.90 Å². The van der Waals surface area contributed by atoms with Crippen LogP contribution in [0.5, 0.6) is 23.0 Å². The fraction of sp³-hybridized carbons (Fsp3) is 0. The second kappa shape index (κ2) is 4.54. The number of benzene rings is 3. The van der Waals surface area contributed by atoms with Crippen molar-refractivity contribution >= 4 is 40.5 Å². The smallest absolute Gasteiger partial charge is 0.306 e. The van der Waals surface area contributed by atoms with Gasteiger partial charge < -0.3 is 13.9 Å². The Bertz CT molecular complexity index is 1180. The predicted molar refractivity (Wildman–Crippen MR) is 102 cm³/mol. The molecular formula is C21H11BN2O3. The van der Waals surface area contributed by atoms with Gasteiger partial charge in [0.1, 0.15) is 29.3 Å². The molecule has 0 amide bonds. The van der Waals surface area contributed by atoms with Gasteiger partial charge in [0.25, 0.3) is 6.71 Å². The molecule has 3 aliphatic rings. The molecule has 0 unspecified atom stereocenters. The lowest BCUT2D eigenvalue weighted by atomic mass is 9.33. The first-order valence-electron chi connectivity index (χ1n) is 8.84. The molecule has 7 rings (SSSR count). The van der Waals surface area contributed by atoms with Crippen LogP contribution in [0.25, 0.3) is 0 Å². The first-order valence-corrected chi connectivity index (χ1v) is 8.84. The summed E-state index contributed by atoms with van der Waals surface area (Å²) in [7, 11) is 0. The van der Waals surface area contributed by atoms with E-state index >= 15 is 0 Å². The van der Waals surface area contributed by atoms with Crippen molar-refractivity contribution in [3.05, 3.63) is 67.1 Å². The van der Waals surface area contributed by atoms with E-state index in [1.807, 2.05) is 47.4 Å². The molecule has 0 spiro atoms. The van der Waals surface area contributed by atoms with Crippen molar-refractivity contribution in [2.45, 2.75) is 0 Å². The number of rotatable bonds is 1. The minimum Gasteiger partial charge on any atom is -0.458 e. The van der Waals surface area contributed by atoms with Crippen LogP contribution in [0.15, 0.2) is 71.5 Å². The third-order valence-electron chi connectivity index (χ3n) is 5.51. The molecule has 3 aliphatic heterocycles. The lowest BCUT2D eigenvalue weighted by Gasteiger charge is -2.41. The predicted octanol–water partition coefficient (Wildman–Crippen LogP) is 3.19. The van der Waals surface area contributed by atoms with Crippen LogP contribution in [-0.2, 0) is 0 Å². The van der Waals surface area contributed by atoms with Gasteiger partial charge in [-0.15, -0.1) is 0 Å². The molecule has 0 saturated heterocycles. The third kappa shape index (κ3) is 1.54. The van der Waals surface area contributed by atoms with Gasteiger partial charge in [0.15, 0.2) is 0 Å². The molecule has 126 valence electrons. The van der Waals surface area contributed by atoms with E-state index in [2.05, 4.69) is 17.1 Å². The molecule has 4 aromatic rings. The zero-order chi connectivity index (χ0) is 17.5. The fourth-order valence-electron chi connectivity index (χ4n) is 4.53. The summed E-state index contributed by atoms with van der Waals surface area (Å²) in [5.74, 6) is 3.43. The van der Waals surface area contributed by atoms with E-state index in [-0.39, 0.29) is 6.71 Å². The molecule has 0 bridgehead atoms. The second-order valence-corrected chi connectivity index (χ2v) is 6.83. The highest BCUT2D eigenvalue weighted by Gasteiger charge is 2.47. The number of nitrogens with zero attached hydrogens (tertiary/aromatic N) is 2. The summed E-state index contributed by atoms with van der Waals surface area (Å²) < 4.78 is 18.2. The lowest BCUT2D eigenvalue weighted by Crippen LogP contribution is -2.61.